The molecule has 0 spiro atoms. The molecule has 0 fully saturated rings. The van der Waals surface area contributed by atoms with Gasteiger partial charge in [0, 0.05) is 25.2 Å². The Morgan fingerprint density at radius 2 is 1.77 bits per heavy atom. The lowest BCUT2D eigenvalue weighted by molar-refractivity contribution is 0.186. The van der Waals surface area contributed by atoms with Crippen LogP contribution in [0.1, 0.15) is 30.0 Å². The van der Waals surface area contributed by atoms with Crippen molar-refractivity contribution in [1.82, 2.24) is 4.90 Å². The summed E-state index contributed by atoms with van der Waals surface area (Å²) in [5, 5.41) is 0. The standard InChI is InChI=1S/C19H23FN2/c1-2-19(21,17-9-5-6-10-18(17)20)14-22-12-11-15-7-3-4-8-16(15)13-22/h3-10H,2,11-14,21H2,1H3. The Balaban J connectivity index is 1.81. The summed E-state index contributed by atoms with van der Waals surface area (Å²) in [6, 6.07) is 15.4. The third-order valence-corrected chi connectivity index (χ3v) is 4.76. The molecule has 2 N–H and O–H groups in total. The van der Waals surface area contributed by atoms with Crippen LogP contribution in [0.25, 0.3) is 0 Å². The molecular formula is C19H23FN2. The lowest BCUT2D eigenvalue weighted by Crippen LogP contribution is -2.49. The summed E-state index contributed by atoms with van der Waals surface area (Å²) in [6.45, 7) is 4.58. The van der Waals surface area contributed by atoms with Crippen LogP contribution in [0, 0.1) is 5.82 Å². The molecule has 2 aromatic rings. The molecule has 0 saturated heterocycles. The SMILES string of the molecule is CCC(N)(CN1CCc2ccccc2C1)c1ccccc1F. The van der Waals surface area contributed by atoms with Crippen LogP contribution in [0.15, 0.2) is 48.5 Å². The fourth-order valence-electron chi connectivity index (χ4n) is 3.34. The van der Waals surface area contributed by atoms with Crippen molar-refractivity contribution < 1.29 is 4.39 Å². The molecule has 0 saturated carbocycles. The van der Waals surface area contributed by atoms with E-state index in [1.54, 1.807) is 6.07 Å². The van der Waals surface area contributed by atoms with Crippen molar-refractivity contribution in [3.05, 3.63) is 71.0 Å². The van der Waals surface area contributed by atoms with E-state index in [0.29, 0.717) is 18.5 Å². The van der Waals surface area contributed by atoms with E-state index < -0.39 is 5.54 Å². The molecule has 0 amide bonds. The molecule has 1 atom stereocenters. The molecule has 0 aliphatic carbocycles. The van der Waals surface area contributed by atoms with Crippen molar-refractivity contribution in [2.75, 3.05) is 13.1 Å². The first-order valence-corrected chi connectivity index (χ1v) is 7.95. The molecule has 3 rings (SSSR count). The fourth-order valence-corrected chi connectivity index (χ4v) is 3.34. The predicted octanol–water partition coefficient (Wildman–Crippen LogP) is 3.45. The normalized spacial score (nSPS) is 17.8. The summed E-state index contributed by atoms with van der Waals surface area (Å²) in [6.07, 6.45) is 1.75. The van der Waals surface area contributed by atoms with Crippen LogP contribution in [0.2, 0.25) is 0 Å². The van der Waals surface area contributed by atoms with Gasteiger partial charge in [0.2, 0.25) is 0 Å². The minimum absolute atomic E-state index is 0.204. The molecule has 1 unspecified atom stereocenters. The van der Waals surface area contributed by atoms with Crippen molar-refractivity contribution in [1.29, 1.82) is 0 Å². The van der Waals surface area contributed by atoms with Gasteiger partial charge in [0.05, 0.1) is 5.54 Å². The van der Waals surface area contributed by atoms with Gasteiger partial charge in [0.1, 0.15) is 5.82 Å². The Hall–Kier alpha value is -1.71. The highest BCUT2D eigenvalue weighted by atomic mass is 19.1. The van der Waals surface area contributed by atoms with Gasteiger partial charge in [0.25, 0.3) is 0 Å². The topological polar surface area (TPSA) is 29.3 Å². The van der Waals surface area contributed by atoms with Crippen LogP contribution in [-0.4, -0.2) is 18.0 Å². The highest BCUT2D eigenvalue weighted by molar-refractivity contribution is 5.30. The number of nitrogens with zero attached hydrogens (tertiary/aromatic N) is 1. The van der Waals surface area contributed by atoms with Gasteiger partial charge in [0.15, 0.2) is 0 Å². The van der Waals surface area contributed by atoms with Crippen LogP contribution in [0.5, 0.6) is 0 Å². The maximum Gasteiger partial charge on any atom is 0.128 e. The first-order valence-electron chi connectivity index (χ1n) is 7.95. The minimum atomic E-state index is -0.641. The van der Waals surface area contributed by atoms with Gasteiger partial charge in [-0.3, -0.25) is 4.90 Å². The molecule has 0 aromatic heterocycles. The molecule has 1 heterocycles. The first kappa shape index (κ1) is 15.2. The molecule has 0 radical (unpaired) electrons. The van der Waals surface area contributed by atoms with Crippen molar-refractivity contribution in [2.24, 2.45) is 5.73 Å². The van der Waals surface area contributed by atoms with E-state index in [9.17, 15) is 4.39 Å². The highest BCUT2D eigenvalue weighted by Crippen LogP contribution is 2.28. The molecule has 0 bridgehead atoms. The Bertz CT molecular complexity index is 655. The van der Waals surface area contributed by atoms with E-state index in [4.69, 9.17) is 5.73 Å². The molecule has 1 aliphatic rings. The summed E-state index contributed by atoms with van der Waals surface area (Å²) in [4.78, 5) is 2.35. The first-order chi connectivity index (χ1) is 10.6. The largest absolute Gasteiger partial charge is 0.320 e. The lowest BCUT2D eigenvalue weighted by Gasteiger charge is -2.37. The number of benzene rings is 2. The third-order valence-electron chi connectivity index (χ3n) is 4.76. The average molecular weight is 298 g/mol. The van der Waals surface area contributed by atoms with Crippen molar-refractivity contribution in [3.63, 3.8) is 0 Å². The van der Waals surface area contributed by atoms with Gasteiger partial charge in [-0.1, -0.05) is 49.4 Å². The fraction of sp³-hybridized carbons (Fsp3) is 0.368. The molecule has 3 heteroatoms. The lowest BCUT2D eigenvalue weighted by atomic mass is 9.86. The highest BCUT2D eigenvalue weighted by Gasteiger charge is 2.31. The van der Waals surface area contributed by atoms with E-state index in [0.717, 1.165) is 19.5 Å². The van der Waals surface area contributed by atoms with Crippen LogP contribution in [0.4, 0.5) is 4.39 Å². The summed E-state index contributed by atoms with van der Waals surface area (Å²) >= 11 is 0. The molecule has 1 aliphatic heterocycles. The number of fused-ring (bicyclic) bond motifs is 1. The zero-order valence-corrected chi connectivity index (χ0v) is 13.1. The van der Waals surface area contributed by atoms with Gasteiger partial charge in [-0.15, -0.1) is 0 Å². The Labute approximate surface area is 131 Å². The predicted molar refractivity (Wildman–Crippen MR) is 88.0 cm³/mol. The number of nitrogens with two attached hydrogens (primary N) is 1. The maximum atomic E-state index is 14.2. The second-order valence-electron chi connectivity index (χ2n) is 6.22. The zero-order valence-electron chi connectivity index (χ0n) is 13.1. The third kappa shape index (κ3) is 2.92. The molecule has 22 heavy (non-hydrogen) atoms. The van der Waals surface area contributed by atoms with Crippen LogP contribution in [0.3, 0.4) is 0 Å². The van der Waals surface area contributed by atoms with E-state index in [1.165, 1.54) is 17.2 Å². The molecular weight excluding hydrogens is 275 g/mol. The maximum absolute atomic E-state index is 14.2. The quantitative estimate of drug-likeness (QED) is 0.937. The van der Waals surface area contributed by atoms with Gasteiger partial charge in [-0.25, -0.2) is 4.39 Å². The van der Waals surface area contributed by atoms with E-state index in [2.05, 4.69) is 29.2 Å². The number of halogens is 1. The van der Waals surface area contributed by atoms with Gasteiger partial charge in [-0.2, -0.15) is 0 Å². The van der Waals surface area contributed by atoms with E-state index >= 15 is 0 Å². The Kier molecular flexibility index (Phi) is 4.27. The van der Waals surface area contributed by atoms with Crippen LogP contribution >= 0.6 is 0 Å². The van der Waals surface area contributed by atoms with Gasteiger partial charge in [-0.05, 0) is 30.0 Å². The van der Waals surface area contributed by atoms with Crippen molar-refractivity contribution in [3.8, 4) is 0 Å². The Morgan fingerprint density at radius 3 is 2.50 bits per heavy atom. The van der Waals surface area contributed by atoms with Gasteiger partial charge >= 0.3 is 0 Å². The average Bonchev–Trinajstić information content (AvgIpc) is 2.55. The van der Waals surface area contributed by atoms with Crippen LogP contribution in [-0.2, 0) is 18.5 Å². The molecule has 116 valence electrons. The van der Waals surface area contributed by atoms with Crippen molar-refractivity contribution >= 4 is 0 Å². The number of hydrogen-bond donors (Lipinski definition) is 1. The summed E-state index contributed by atoms with van der Waals surface area (Å²) < 4.78 is 14.2. The van der Waals surface area contributed by atoms with Gasteiger partial charge < -0.3 is 5.73 Å². The number of hydrogen-bond acceptors (Lipinski definition) is 2. The Morgan fingerprint density at radius 1 is 1.09 bits per heavy atom. The summed E-state index contributed by atoms with van der Waals surface area (Å²) in [7, 11) is 0. The monoisotopic (exact) mass is 298 g/mol. The van der Waals surface area contributed by atoms with E-state index in [-0.39, 0.29) is 5.82 Å². The number of rotatable bonds is 4. The molecule has 2 nitrogen and oxygen atoms in total. The smallest absolute Gasteiger partial charge is 0.128 e. The second-order valence-corrected chi connectivity index (χ2v) is 6.22. The van der Waals surface area contributed by atoms with Crippen molar-refractivity contribution in [2.45, 2.75) is 31.8 Å². The second kappa shape index (κ2) is 6.19. The summed E-state index contributed by atoms with van der Waals surface area (Å²) in [5.41, 5.74) is 9.35. The molecule has 2 aromatic carbocycles. The summed E-state index contributed by atoms with van der Waals surface area (Å²) in [5.74, 6) is -0.204. The minimum Gasteiger partial charge on any atom is -0.320 e. The van der Waals surface area contributed by atoms with Crippen LogP contribution < -0.4 is 5.73 Å². The zero-order chi connectivity index (χ0) is 15.6. The van der Waals surface area contributed by atoms with E-state index in [1.807, 2.05) is 19.1 Å².